The highest BCUT2D eigenvalue weighted by atomic mass is 32.1. The Hall–Kier alpha value is -1.40. The molecule has 17 heavy (non-hydrogen) atoms. The topological polar surface area (TPSA) is 51.8 Å². The molecular formula is C11H11F2N3S. The van der Waals surface area contributed by atoms with E-state index in [4.69, 9.17) is 5.73 Å². The third-order valence-corrected chi connectivity index (χ3v) is 3.20. The molecule has 90 valence electrons. The van der Waals surface area contributed by atoms with Gasteiger partial charge >= 0.3 is 0 Å². The van der Waals surface area contributed by atoms with E-state index >= 15 is 0 Å². The van der Waals surface area contributed by atoms with E-state index in [1.807, 2.05) is 0 Å². The van der Waals surface area contributed by atoms with E-state index in [2.05, 4.69) is 10.2 Å². The van der Waals surface area contributed by atoms with Gasteiger partial charge in [0.2, 0.25) is 0 Å². The lowest BCUT2D eigenvalue weighted by Gasteiger charge is -1.96. The number of aromatic nitrogens is 2. The van der Waals surface area contributed by atoms with Gasteiger partial charge in [-0.25, -0.2) is 8.78 Å². The minimum absolute atomic E-state index is 0.416. The number of hydrogen-bond donors (Lipinski definition) is 1. The van der Waals surface area contributed by atoms with E-state index in [1.54, 1.807) is 0 Å². The quantitative estimate of drug-likeness (QED) is 0.912. The Bertz CT molecular complexity index is 493. The van der Waals surface area contributed by atoms with Gasteiger partial charge in [-0.1, -0.05) is 11.3 Å². The van der Waals surface area contributed by atoms with Crippen molar-refractivity contribution in [3.8, 4) is 10.6 Å². The highest BCUT2D eigenvalue weighted by Gasteiger charge is 2.09. The third kappa shape index (κ3) is 3.04. The molecule has 2 rings (SSSR count). The molecule has 0 fully saturated rings. The molecule has 0 saturated heterocycles. The number of aryl methyl sites for hydroxylation is 1. The smallest absolute Gasteiger partial charge is 0.148 e. The number of nitrogens with two attached hydrogens (primary N) is 1. The van der Waals surface area contributed by atoms with Crippen LogP contribution in [-0.2, 0) is 6.42 Å². The maximum atomic E-state index is 13.0. The highest BCUT2D eigenvalue weighted by molar-refractivity contribution is 7.14. The largest absolute Gasteiger partial charge is 0.330 e. The monoisotopic (exact) mass is 255 g/mol. The van der Waals surface area contributed by atoms with E-state index in [-0.39, 0.29) is 0 Å². The first-order valence-electron chi connectivity index (χ1n) is 5.18. The second kappa shape index (κ2) is 5.29. The van der Waals surface area contributed by atoms with E-state index in [9.17, 15) is 8.78 Å². The number of halogens is 2. The summed E-state index contributed by atoms with van der Waals surface area (Å²) in [5.41, 5.74) is 5.81. The van der Waals surface area contributed by atoms with Crippen LogP contribution in [0.3, 0.4) is 0 Å². The molecule has 0 unspecified atom stereocenters. The summed E-state index contributed by atoms with van der Waals surface area (Å²) < 4.78 is 26.0. The molecule has 2 N–H and O–H groups in total. The molecule has 0 bridgehead atoms. The lowest BCUT2D eigenvalue weighted by Crippen LogP contribution is -1.99. The fourth-order valence-corrected chi connectivity index (χ4v) is 2.27. The SMILES string of the molecule is NCCCc1nnc(-c2cc(F)cc(F)c2)s1. The fourth-order valence-electron chi connectivity index (χ4n) is 1.40. The van der Waals surface area contributed by atoms with Crippen molar-refractivity contribution in [1.82, 2.24) is 10.2 Å². The van der Waals surface area contributed by atoms with Gasteiger partial charge in [0.1, 0.15) is 21.6 Å². The molecule has 0 aliphatic rings. The Kier molecular flexibility index (Phi) is 3.75. The Morgan fingerprint density at radius 3 is 2.47 bits per heavy atom. The van der Waals surface area contributed by atoms with Gasteiger partial charge in [-0.15, -0.1) is 10.2 Å². The molecule has 1 aromatic carbocycles. The zero-order chi connectivity index (χ0) is 12.3. The standard InChI is InChI=1S/C11H11F2N3S/c12-8-4-7(5-9(13)6-8)11-16-15-10(17-11)2-1-3-14/h4-6H,1-3,14H2. The molecular weight excluding hydrogens is 244 g/mol. The van der Waals surface area contributed by atoms with Crippen molar-refractivity contribution in [3.63, 3.8) is 0 Å². The summed E-state index contributed by atoms with van der Waals surface area (Å²) in [5, 5.41) is 9.23. The van der Waals surface area contributed by atoms with Crippen LogP contribution in [-0.4, -0.2) is 16.7 Å². The van der Waals surface area contributed by atoms with Crippen molar-refractivity contribution in [2.75, 3.05) is 6.54 Å². The number of hydrogen-bond acceptors (Lipinski definition) is 4. The van der Waals surface area contributed by atoms with E-state index < -0.39 is 11.6 Å². The summed E-state index contributed by atoms with van der Waals surface area (Å²) in [6.45, 7) is 0.587. The molecule has 0 spiro atoms. The second-order valence-electron chi connectivity index (χ2n) is 3.55. The predicted molar refractivity (Wildman–Crippen MR) is 62.6 cm³/mol. The van der Waals surface area contributed by atoms with Crippen LogP contribution in [0.25, 0.3) is 10.6 Å². The van der Waals surface area contributed by atoms with E-state index in [0.29, 0.717) is 17.1 Å². The first kappa shape index (κ1) is 12.1. The minimum atomic E-state index is -0.612. The number of benzene rings is 1. The number of rotatable bonds is 4. The van der Waals surface area contributed by atoms with Gasteiger partial charge in [0.25, 0.3) is 0 Å². The molecule has 0 radical (unpaired) electrons. The van der Waals surface area contributed by atoms with Crippen molar-refractivity contribution in [2.45, 2.75) is 12.8 Å². The molecule has 0 amide bonds. The average Bonchev–Trinajstić information content (AvgIpc) is 2.73. The van der Waals surface area contributed by atoms with Crippen LogP contribution in [0.5, 0.6) is 0 Å². The summed E-state index contributed by atoms with van der Waals surface area (Å²) in [5.74, 6) is -1.22. The summed E-state index contributed by atoms with van der Waals surface area (Å²) in [6, 6.07) is 3.33. The Morgan fingerprint density at radius 2 is 1.82 bits per heavy atom. The molecule has 2 aromatic rings. The van der Waals surface area contributed by atoms with Gasteiger partial charge < -0.3 is 5.73 Å². The van der Waals surface area contributed by atoms with Crippen LogP contribution in [0.4, 0.5) is 8.78 Å². The molecule has 0 aliphatic heterocycles. The van der Waals surface area contributed by atoms with Crippen molar-refractivity contribution >= 4 is 11.3 Å². The van der Waals surface area contributed by atoms with Gasteiger partial charge in [-0.2, -0.15) is 0 Å². The molecule has 1 aromatic heterocycles. The first-order valence-corrected chi connectivity index (χ1v) is 5.99. The molecule has 0 saturated carbocycles. The van der Waals surface area contributed by atoms with Gasteiger partial charge in [0, 0.05) is 18.1 Å². The fraction of sp³-hybridized carbons (Fsp3) is 0.273. The maximum absolute atomic E-state index is 13.0. The van der Waals surface area contributed by atoms with E-state index in [1.165, 1.54) is 23.5 Å². The van der Waals surface area contributed by atoms with Crippen LogP contribution >= 0.6 is 11.3 Å². The third-order valence-electron chi connectivity index (χ3n) is 2.17. The molecule has 0 aliphatic carbocycles. The van der Waals surface area contributed by atoms with Gasteiger partial charge in [-0.3, -0.25) is 0 Å². The average molecular weight is 255 g/mol. The van der Waals surface area contributed by atoms with Crippen molar-refractivity contribution < 1.29 is 8.78 Å². The summed E-state index contributed by atoms with van der Waals surface area (Å²) >= 11 is 1.33. The Balaban J connectivity index is 2.24. The normalized spacial score (nSPS) is 10.8. The Labute approximate surface area is 101 Å². The molecule has 6 heteroatoms. The van der Waals surface area contributed by atoms with Crippen LogP contribution in [0.15, 0.2) is 18.2 Å². The second-order valence-corrected chi connectivity index (χ2v) is 4.61. The summed E-state index contributed by atoms with van der Waals surface area (Å²) in [6.07, 6.45) is 1.57. The first-order chi connectivity index (χ1) is 8.19. The lowest BCUT2D eigenvalue weighted by atomic mass is 10.2. The Morgan fingerprint density at radius 1 is 1.12 bits per heavy atom. The van der Waals surface area contributed by atoms with Crippen LogP contribution < -0.4 is 5.73 Å². The molecule has 3 nitrogen and oxygen atoms in total. The van der Waals surface area contributed by atoms with Crippen LogP contribution in [0, 0.1) is 11.6 Å². The maximum Gasteiger partial charge on any atom is 0.148 e. The molecule has 1 heterocycles. The van der Waals surface area contributed by atoms with Crippen LogP contribution in [0.1, 0.15) is 11.4 Å². The number of nitrogens with zero attached hydrogens (tertiary/aromatic N) is 2. The van der Waals surface area contributed by atoms with Crippen molar-refractivity contribution in [1.29, 1.82) is 0 Å². The minimum Gasteiger partial charge on any atom is -0.330 e. The van der Waals surface area contributed by atoms with Crippen molar-refractivity contribution in [2.24, 2.45) is 5.73 Å². The van der Waals surface area contributed by atoms with E-state index in [0.717, 1.165) is 23.9 Å². The summed E-state index contributed by atoms with van der Waals surface area (Å²) in [7, 11) is 0. The zero-order valence-corrected chi connectivity index (χ0v) is 9.81. The van der Waals surface area contributed by atoms with Crippen LogP contribution in [0.2, 0.25) is 0 Å². The van der Waals surface area contributed by atoms with Gasteiger partial charge in [-0.05, 0) is 25.1 Å². The lowest BCUT2D eigenvalue weighted by molar-refractivity contribution is 0.584. The summed E-state index contributed by atoms with van der Waals surface area (Å²) in [4.78, 5) is 0. The predicted octanol–water partition coefficient (Wildman–Crippen LogP) is 2.37. The van der Waals surface area contributed by atoms with Gasteiger partial charge in [0.15, 0.2) is 0 Å². The van der Waals surface area contributed by atoms with Gasteiger partial charge in [0.05, 0.1) is 0 Å². The zero-order valence-electron chi connectivity index (χ0n) is 8.99. The molecule has 0 atom stereocenters. The highest BCUT2D eigenvalue weighted by Crippen LogP contribution is 2.25. The van der Waals surface area contributed by atoms with Crippen molar-refractivity contribution in [3.05, 3.63) is 34.8 Å².